The molecule has 2 aromatic rings. The Morgan fingerprint density at radius 3 is 2.36 bits per heavy atom. The highest BCUT2D eigenvalue weighted by atomic mass is 35.5. The van der Waals surface area contributed by atoms with Crippen molar-refractivity contribution in [2.45, 2.75) is 6.42 Å². The highest BCUT2D eigenvalue weighted by Crippen LogP contribution is 2.18. The molecule has 0 aliphatic carbocycles. The molecule has 1 aromatic heterocycles. The lowest BCUT2D eigenvalue weighted by Gasteiger charge is -2.22. The van der Waals surface area contributed by atoms with Crippen LogP contribution in [0.25, 0.3) is 11.4 Å². The van der Waals surface area contributed by atoms with Gasteiger partial charge in [0.25, 0.3) is 0 Å². The van der Waals surface area contributed by atoms with Crippen molar-refractivity contribution < 1.29 is 4.52 Å². The third kappa shape index (κ3) is 4.21. The summed E-state index contributed by atoms with van der Waals surface area (Å²) in [4.78, 5) is 12.8. The molecule has 0 spiro atoms. The Balaban J connectivity index is 2.00. The minimum absolute atomic E-state index is 0.566. The fourth-order valence-electron chi connectivity index (χ4n) is 2.01. The van der Waals surface area contributed by atoms with E-state index in [9.17, 15) is 0 Å². The number of benzene rings is 1. The van der Waals surface area contributed by atoms with Crippen LogP contribution >= 0.6 is 11.6 Å². The molecule has 0 radical (unpaired) electrons. The van der Waals surface area contributed by atoms with Crippen molar-refractivity contribution in [1.82, 2.24) is 19.9 Å². The molecule has 7 heteroatoms. The molecule has 0 aliphatic heterocycles. The maximum Gasteiger partial charge on any atom is 0.228 e. The lowest BCUT2D eigenvalue weighted by molar-refractivity contribution is 0.379. The molecule has 0 aliphatic rings. The summed E-state index contributed by atoms with van der Waals surface area (Å²) in [6, 6.07) is 7.34. The number of hydrogen-bond donors (Lipinski definition) is 0. The highest BCUT2D eigenvalue weighted by molar-refractivity contribution is 6.30. The predicted octanol–water partition coefficient (Wildman–Crippen LogP) is 2.41. The Bertz CT molecular complexity index is 624. The summed E-state index contributed by atoms with van der Waals surface area (Å²) in [6.45, 7) is 0.591. The number of rotatable bonds is 4. The number of halogens is 1. The maximum atomic E-state index is 5.87. The van der Waals surface area contributed by atoms with Crippen LogP contribution in [0.15, 0.2) is 33.8 Å². The van der Waals surface area contributed by atoms with E-state index in [2.05, 4.69) is 15.1 Å². The summed E-state index contributed by atoms with van der Waals surface area (Å²) in [6.07, 6.45) is 0.603. The van der Waals surface area contributed by atoms with E-state index in [0.29, 0.717) is 29.7 Å². The van der Waals surface area contributed by atoms with E-state index in [0.717, 1.165) is 11.5 Å². The summed E-state index contributed by atoms with van der Waals surface area (Å²) in [5.74, 6) is 2.04. The van der Waals surface area contributed by atoms with Crippen molar-refractivity contribution in [1.29, 1.82) is 0 Å². The molecule has 22 heavy (non-hydrogen) atoms. The second-order valence-electron chi connectivity index (χ2n) is 5.24. The summed E-state index contributed by atoms with van der Waals surface area (Å²) >= 11 is 5.87. The fourth-order valence-corrected chi connectivity index (χ4v) is 2.13. The largest absolute Gasteiger partial charge is 0.349 e. The van der Waals surface area contributed by atoms with Gasteiger partial charge in [-0.25, -0.2) is 0 Å². The predicted molar refractivity (Wildman–Crippen MR) is 88.1 cm³/mol. The molecule has 0 fully saturated rings. The van der Waals surface area contributed by atoms with E-state index >= 15 is 0 Å². The quantitative estimate of drug-likeness (QED) is 0.639. The van der Waals surface area contributed by atoms with Gasteiger partial charge in [-0.15, -0.1) is 0 Å². The number of guanidine groups is 1. The van der Waals surface area contributed by atoms with Gasteiger partial charge < -0.3 is 14.3 Å². The van der Waals surface area contributed by atoms with Gasteiger partial charge in [0, 0.05) is 45.2 Å². The Morgan fingerprint density at radius 2 is 1.77 bits per heavy atom. The molecule has 0 saturated heterocycles. The Labute approximate surface area is 135 Å². The smallest absolute Gasteiger partial charge is 0.228 e. The van der Waals surface area contributed by atoms with Gasteiger partial charge in [-0.3, -0.25) is 4.99 Å². The Morgan fingerprint density at radius 1 is 1.14 bits per heavy atom. The van der Waals surface area contributed by atoms with Gasteiger partial charge in [0.2, 0.25) is 11.7 Å². The van der Waals surface area contributed by atoms with Gasteiger partial charge in [-0.05, 0) is 24.3 Å². The monoisotopic (exact) mass is 321 g/mol. The number of aliphatic imine (C=N–C) groups is 1. The van der Waals surface area contributed by atoms with Gasteiger partial charge in [0.15, 0.2) is 5.96 Å². The van der Waals surface area contributed by atoms with Crippen LogP contribution < -0.4 is 0 Å². The van der Waals surface area contributed by atoms with Crippen LogP contribution in [0.1, 0.15) is 5.89 Å². The SMILES string of the molecule is CN(C)C(=NCCc1nc(-c2ccc(Cl)cc2)no1)N(C)C. The van der Waals surface area contributed by atoms with Crippen molar-refractivity contribution in [3.8, 4) is 11.4 Å². The van der Waals surface area contributed by atoms with Crippen molar-refractivity contribution in [3.05, 3.63) is 35.2 Å². The van der Waals surface area contributed by atoms with Crippen LogP contribution in [-0.2, 0) is 6.42 Å². The molecule has 1 aromatic carbocycles. The lowest BCUT2D eigenvalue weighted by Crippen LogP contribution is -2.35. The van der Waals surface area contributed by atoms with E-state index in [4.69, 9.17) is 16.1 Å². The van der Waals surface area contributed by atoms with Gasteiger partial charge >= 0.3 is 0 Å². The van der Waals surface area contributed by atoms with E-state index < -0.39 is 0 Å². The second-order valence-corrected chi connectivity index (χ2v) is 5.68. The summed E-state index contributed by atoms with van der Waals surface area (Å²) in [5.41, 5.74) is 0.880. The van der Waals surface area contributed by atoms with Gasteiger partial charge in [-0.1, -0.05) is 16.8 Å². The average Bonchev–Trinajstić information content (AvgIpc) is 2.92. The molecule has 6 nitrogen and oxygen atoms in total. The summed E-state index contributed by atoms with van der Waals surface area (Å²) < 4.78 is 5.26. The van der Waals surface area contributed by atoms with Crippen LogP contribution in [-0.4, -0.2) is 60.6 Å². The first kappa shape index (κ1) is 16.3. The van der Waals surface area contributed by atoms with Crippen molar-refractivity contribution in [2.75, 3.05) is 34.7 Å². The van der Waals surface area contributed by atoms with Crippen LogP contribution in [0, 0.1) is 0 Å². The first-order valence-electron chi connectivity index (χ1n) is 6.95. The van der Waals surface area contributed by atoms with Crippen LogP contribution in [0.5, 0.6) is 0 Å². The van der Waals surface area contributed by atoms with Gasteiger partial charge in [0.05, 0.1) is 6.54 Å². The number of hydrogen-bond acceptors (Lipinski definition) is 4. The van der Waals surface area contributed by atoms with Crippen molar-refractivity contribution >= 4 is 17.6 Å². The van der Waals surface area contributed by atoms with E-state index in [1.165, 1.54) is 0 Å². The van der Waals surface area contributed by atoms with Crippen molar-refractivity contribution in [2.24, 2.45) is 4.99 Å². The zero-order valence-electron chi connectivity index (χ0n) is 13.2. The second kappa shape index (κ2) is 7.26. The zero-order chi connectivity index (χ0) is 16.1. The molecule has 2 rings (SSSR count). The molecule has 1 heterocycles. The molecule has 0 amide bonds. The molecule has 0 unspecified atom stereocenters. The minimum atomic E-state index is 0.566. The van der Waals surface area contributed by atoms with Gasteiger partial charge in [-0.2, -0.15) is 4.98 Å². The average molecular weight is 322 g/mol. The molecule has 0 atom stereocenters. The third-order valence-electron chi connectivity index (χ3n) is 2.95. The number of aromatic nitrogens is 2. The molecule has 0 saturated carbocycles. The summed E-state index contributed by atoms with van der Waals surface area (Å²) in [7, 11) is 7.85. The lowest BCUT2D eigenvalue weighted by atomic mass is 10.2. The van der Waals surface area contributed by atoms with Crippen LogP contribution in [0.3, 0.4) is 0 Å². The molecular weight excluding hydrogens is 302 g/mol. The molecule has 0 N–H and O–H groups in total. The van der Waals surface area contributed by atoms with Crippen LogP contribution in [0.4, 0.5) is 0 Å². The molecule has 0 bridgehead atoms. The van der Waals surface area contributed by atoms with Crippen LogP contribution in [0.2, 0.25) is 5.02 Å². The highest BCUT2D eigenvalue weighted by Gasteiger charge is 2.09. The topological polar surface area (TPSA) is 57.8 Å². The Kier molecular flexibility index (Phi) is 5.38. The normalized spacial score (nSPS) is 10.4. The number of nitrogens with zero attached hydrogens (tertiary/aromatic N) is 5. The minimum Gasteiger partial charge on any atom is -0.349 e. The van der Waals surface area contributed by atoms with E-state index in [1.54, 1.807) is 12.1 Å². The molecule has 118 valence electrons. The maximum absolute atomic E-state index is 5.87. The zero-order valence-corrected chi connectivity index (χ0v) is 14.0. The fraction of sp³-hybridized carbons (Fsp3) is 0.400. The first-order valence-corrected chi connectivity index (χ1v) is 7.33. The van der Waals surface area contributed by atoms with E-state index in [-0.39, 0.29) is 0 Å². The standard InChI is InChI=1S/C15H20ClN5O/c1-20(2)15(21(3)4)17-10-9-13-18-14(19-22-13)11-5-7-12(16)8-6-11/h5-8H,9-10H2,1-4H3. The first-order chi connectivity index (χ1) is 10.5. The molecular formula is C15H20ClN5O. The third-order valence-corrected chi connectivity index (χ3v) is 3.20. The van der Waals surface area contributed by atoms with Crippen molar-refractivity contribution in [3.63, 3.8) is 0 Å². The summed E-state index contributed by atoms with van der Waals surface area (Å²) in [5, 5.41) is 4.67. The van der Waals surface area contributed by atoms with Gasteiger partial charge in [0.1, 0.15) is 0 Å². The van der Waals surface area contributed by atoms with E-state index in [1.807, 2.05) is 50.1 Å². The Hall–Kier alpha value is -2.08.